The highest BCUT2D eigenvalue weighted by Gasteiger charge is 2.29. The molecule has 9 heteroatoms. The summed E-state index contributed by atoms with van der Waals surface area (Å²) in [5, 5.41) is 10.4. The SMILES string of the molecule is O=C(Oc1cc(C2CCCCC2)c(S(=O)(=O)[O-])c(C2CCCCC2)c1)c1cc(I)cc(I)c1O. The first-order valence-electron chi connectivity index (χ1n) is 11.7. The van der Waals surface area contributed by atoms with E-state index < -0.39 is 16.1 Å². The molecular weight excluding hydrogens is 682 g/mol. The van der Waals surface area contributed by atoms with Crippen molar-refractivity contribution in [2.75, 3.05) is 0 Å². The predicted octanol–water partition coefficient (Wildman–Crippen LogP) is 6.82. The highest BCUT2D eigenvalue weighted by Crippen LogP contribution is 2.44. The van der Waals surface area contributed by atoms with Gasteiger partial charge in [-0.25, -0.2) is 13.2 Å². The van der Waals surface area contributed by atoms with E-state index in [4.69, 9.17) is 4.74 Å². The normalized spacial score (nSPS) is 18.1. The van der Waals surface area contributed by atoms with E-state index in [0.717, 1.165) is 67.8 Å². The highest BCUT2D eigenvalue weighted by molar-refractivity contribution is 14.1. The number of carbonyl (C=O) groups is 1. The molecule has 0 atom stereocenters. The van der Waals surface area contributed by atoms with Gasteiger partial charge >= 0.3 is 5.97 Å². The van der Waals surface area contributed by atoms with Crippen LogP contribution in [0, 0.1) is 7.14 Å². The Labute approximate surface area is 227 Å². The third-order valence-electron chi connectivity index (χ3n) is 6.92. The van der Waals surface area contributed by atoms with Crippen LogP contribution in [0.5, 0.6) is 11.5 Å². The number of ether oxygens (including phenoxy) is 1. The van der Waals surface area contributed by atoms with Crippen LogP contribution in [0.1, 0.15) is 97.5 Å². The first kappa shape index (κ1) is 26.2. The van der Waals surface area contributed by atoms with Crippen LogP contribution < -0.4 is 4.74 Å². The first-order chi connectivity index (χ1) is 16.1. The van der Waals surface area contributed by atoms with Crippen molar-refractivity contribution in [3.63, 3.8) is 0 Å². The van der Waals surface area contributed by atoms with Gasteiger partial charge in [-0.15, -0.1) is 0 Å². The Balaban J connectivity index is 1.82. The average molecular weight is 709 g/mol. The second kappa shape index (κ2) is 11.0. The van der Waals surface area contributed by atoms with Gasteiger partial charge in [-0.2, -0.15) is 0 Å². The molecule has 2 aromatic rings. The van der Waals surface area contributed by atoms with Crippen LogP contribution in [0.25, 0.3) is 0 Å². The number of esters is 1. The number of phenols is 1. The molecule has 0 bridgehead atoms. The summed E-state index contributed by atoms with van der Waals surface area (Å²) in [5.41, 5.74) is 1.03. The standard InChI is InChI=1S/C25H28I2O6S/c26-17-11-21(23(28)22(27)12-17)25(29)33-18-13-19(15-7-3-1-4-8-15)24(34(30,31)32)20(14-18)16-9-5-2-6-10-16/h11-16,28H,1-10H2,(H,30,31,32)/p-1. The van der Waals surface area contributed by atoms with Crippen LogP contribution in [-0.2, 0) is 10.1 Å². The van der Waals surface area contributed by atoms with Gasteiger partial charge in [0.1, 0.15) is 27.2 Å². The third kappa shape index (κ3) is 5.89. The number of rotatable bonds is 5. The van der Waals surface area contributed by atoms with Gasteiger partial charge in [0.15, 0.2) is 0 Å². The van der Waals surface area contributed by atoms with E-state index in [1.807, 2.05) is 22.6 Å². The van der Waals surface area contributed by atoms with Gasteiger partial charge in [-0.05, 0) is 118 Å². The molecule has 2 aromatic carbocycles. The van der Waals surface area contributed by atoms with Gasteiger partial charge < -0.3 is 14.4 Å². The summed E-state index contributed by atoms with van der Waals surface area (Å²) in [7, 11) is -4.71. The molecule has 6 nitrogen and oxygen atoms in total. The monoisotopic (exact) mass is 709 g/mol. The largest absolute Gasteiger partial charge is 0.744 e. The Bertz CT molecular complexity index is 1140. The molecule has 184 valence electrons. The molecule has 0 heterocycles. The summed E-state index contributed by atoms with van der Waals surface area (Å²) in [6.45, 7) is 0. The average Bonchev–Trinajstić information content (AvgIpc) is 2.81. The van der Waals surface area contributed by atoms with Gasteiger partial charge in [0, 0.05) is 3.57 Å². The zero-order chi connectivity index (χ0) is 24.5. The summed E-state index contributed by atoms with van der Waals surface area (Å²) < 4.78 is 44.6. The number of phenolic OH excluding ortho intramolecular Hbond substituents is 1. The van der Waals surface area contributed by atoms with E-state index in [2.05, 4.69) is 22.6 Å². The van der Waals surface area contributed by atoms with Crippen molar-refractivity contribution < 1.29 is 27.6 Å². The summed E-state index contributed by atoms with van der Waals surface area (Å²) >= 11 is 4.03. The molecule has 0 aliphatic heterocycles. The van der Waals surface area contributed by atoms with E-state index in [1.165, 1.54) is 0 Å². The Morgan fingerprint density at radius 3 is 1.85 bits per heavy atom. The van der Waals surface area contributed by atoms with Crippen molar-refractivity contribution >= 4 is 61.3 Å². The second-order valence-corrected chi connectivity index (χ2v) is 13.0. The molecule has 0 amide bonds. The summed E-state index contributed by atoms with van der Waals surface area (Å²) in [6, 6.07) is 6.45. The molecule has 1 N–H and O–H groups in total. The molecule has 0 unspecified atom stereocenters. The van der Waals surface area contributed by atoms with Crippen LogP contribution in [0.15, 0.2) is 29.2 Å². The Morgan fingerprint density at radius 2 is 1.38 bits per heavy atom. The number of carbonyl (C=O) groups excluding carboxylic acids is 1. The molecule has 0 radical (unpaired) electrons. The van der Waals surface area contributed by atoms with Gasteiger partial charge in [0.25, 0.3) is 0 Å². The molecule has 0 aromatic heterocycles. The Kier molecular flexibility index (Phi) is 8.46. The lowest BCUT2D eigenvalue weighted by Crippen LogP contribution is -2.18. The van der Waals surface area contributed by atoms with E-state index >= 15 is 0 Å². The molecule has 0 saturated heterocycles. The zero-order valence-electron chi connectivity index (χ0n) is 18.7. The minimum atomic E-state index is -4.71. The summed E-state index contributed by atoms with van der Waals surface area (Å²) in [4.78, 5) is 12.9. The molecular formula is C25H27I2O6S-. The molecule has 0 spiro atoms. The number of halogens is 2. The topological polar surface area (TPSA) is 104 Å². The molecule has 2 fully saturated rings. The Hall–Kier alpha value is -0.920. The van der Waals surface area contributed by atoms with E-state index in [1.54, 1.807) is 24.3 Å². The number of hydrogen-bond donors (Lipinski definition) is 1. The lowest BCUT2D eigenvalue weighted by Gasteiger charge is -2.31. The van der Waals surface area contributed by atoms with E-state index in [-0.39, 0.29) is 33.8 Å². The summed E-state index contributed by atoms with van der Waals surface area (Å²) in [6.07, 6.45) is 9.29. The van der Waals surface area contributed by atoms with Crippen molar-refractivity contribution in [1.82, 2.24) is 0 Å². The van der Waals surface area contributed by atoms with Crippen LogP contribution in [0.3, 0.4) is 0 Å². The molecule has 4 rings (SSSR count). The van der Waals surface area contributed by atoms with Gasteiger partial charge in [-0.1, -0.05) is 38.5 Å². The number of aromatic hydroxyl groups is 1. The van der Waals surface area contributed by atoms with Crippen LogP contribution in [0.2, 0.25) is 0 Å². The predicted molar refractivity (Wildman–Crippen MR) is 145 cm³/mol. The quantitative estimate of drug-likeness (QED) is 0.158. The fraction of sp³-hybridized carbons (Fsp3) is 0.480. The fourth-order valence-corrected chi connectivity index (χ4v) is 8.18. The maximum atomic E-state index is 13.0. The van der Waals surface area contributed by atoms with E-state index in [0.29, 0.717) is 14.7 Å². The van der Waals surface area contributed by atoms with Gasteiger partial charge in [-0.3, -0.25) is 0 Å². The van der Waals surface area contributed by atoms with Crippen LogP contribution in [0.4, 0.5) is 0 Å². The van der Waals surface area contributed by atoms with Crippen molar-refractivity contribution in [1.29, 1.82) is 0 Å². The molecule has 2 aliphatic carbocycles. The minimum absolute atomic E-state index is 0.0512. The van der Waals surface area contributed by atoms with Crippen LogP contribution in [-0.4, -0.2) is 24.0 Å². The number of benzene rings is 2. The molecule has 2 aliphatic rings. The molecule has 34 heavy (non-hydrogen) atoms. The lowest BCUT2D eigenvalue weighted by molar-refractivity contribution is 0.0731. The van der Waals surface area contributed by atoms with E-state index in [9.17, 15) is 22.9 Å². The maximum absolute atomic E-state index is 13.0. The second-order valence-electron chi connectivity index (χ2n) is 9.23. The van der Waals surface area contributed by atoms with Crippen LogP contribution >= 0.6 is 45.2 Å². The minimum Gasteiger partial charge on any atom is -0.744 e. The smallest absolute Gasteiger partial charge is 0.347 e. The maximum Gasteiger partial charge on any atom is 0.347 e. The zero-order valence-corrected chi connectivity index (χ0v) is 23.8. The first-order valence-corrected chi connectivity index (χ1v) is 15.3. The lowest BCUT2D eigenvalue weighted by atomic mass is 9.79. The van der Waals surface area contributed by atoms with Gasteiger partial charge in [0.2, 0.25) is 0 Å². The van der Waals surface area contributed by atoms with Gasteiger partial charge in [0.05, 0.1) is 8.47 Å². The summed E-state index contributed by atoms with van der Waals surface area (Å²) in [5.74, 6) is -0.742. The Morgan fingerprint density at radius 1 is 0.882 bits per heavy atom. The van der Waals surface area contributed by atoms with Crippen molar-refractivity contribution in [2.45, 2.75) is 80.9 Å². The third-order valence-corrected chi connectivity index (χ3v) is 9.34. The highest BCUT2D eigenvalue weighted by atomic mass is 127. The number of hydrogen-bond acceptors (Lipinski definition) is 6. The fourth-order valence-electron chi connectivity index (χ4n) is 5.31. The van der Waals surface area contributed by atoms with Crippen molar-refractivity contribution in [2.24, 2.45) is 0 Å². The van der Waals surface area contributed by atoms with Crippen molar-refractivity contribution in [3.05, 3.63) is 48.1 Å². The van der Waals surface area contributed by atoms with Crippen molar-refractivity contribution in [3.8, 4) is 11.5 Å². The molecule has 2 saturated carbocycles.